The summed E-state index contributed by atoms with van der Waals surface area (Å²) >= 11 is 0. The van der Waals surface area contributed by atoms with Crippen molar-refractivity contribution in [3.8, 4) is 0 Å². The number of nitrogens with zero attached hydrogens (tertiary/aromatic N) is 2. The zero-order valence-corrected chi connectivity index (χ0v) is 8.55. The Hall–Kier alpha value is -1.88. The Labute approximate surface area is 88.4 Å². The second kappa shape index (κ2) is 5.77. The number of methoxy groups -OCH3 is 1. The second-order valence-corrected chi connectivity index (χ2v) is 2.87. The first-order valence-electron chi connectivity index (χ1n) is 4.44. The summed E-state index contributed by atoms with van der Waals surface area (Å²) in [4.78, 5) is 0. The molecule has 5 nitrogen and oxygen atoms in total. The second-order valence-electron chi connectivity index (χ2n) is 2.87. The fourth-order valence-corrected chi connectivity index (χ4v) is 1.06. The average molecular weight is 206 g/mol. The van der Waals surface area contributed by atoms with E-state index in [9.17, 15) is 0 Å². The van der Waals surface area contributed by atoms with Gasteiger partial charge in [-0.1, -0.05) is 30.3 Å². The maximum absolute atomic E-state index is 5.19. The van der Waals surface area contributed by atoms with Crippen molar-refractivity contribution in [1.29, 1.82) is 0 Å². The Morgan fingerprint density at radius 2 is 1.87 bits per heavy atom. The minimum Gasteiger partial charge on any atom is -0.378 e. The lowest BCUT2D eigenvalue weighted by Gasteiger charge is -2.02. The van der Waals surface area contributed by atoms with Gasteiger partial charge in [-0.05, 0) is 0 Å². The molecule has 1 aromatic carbocycles. The van der Waals surface area contributed by atoms with Crippen LogP contribution in [0, 0.1) is 0 Å². The molecule has 0 spiro atoms. The Bertz CT molecular complexity index is 355. The molecule has 0 bridgehead atoms. The van der Waals surface area contributed by atoms with Gasteiger partial charge in [0.25, 0.3) is 0 Å². The van der Waals surface area contributed by atoms with Crippen molar-refractivity contribution in [1.82, 2.24) is 0 Å². The highest BCUT2D eigenvalue weighted by atomic mass is 16.5. The van der Waals surface area contributed by atoms with Gasteiger partial charge in [0.05, 0.1) is 12.3 Å². The zero-order chi connectivity index (χ0) is 11.1. The van der Waals surface area contributed by atoms with Crippen LogP contribution < -0.4 is 11.5 Å². The third kappa shape index (κ3) is 3.78. The molecule has 0 aromatic heterocycles. The third-order valence-electron chi connectivity index (χ3n) is 1.67. The summed E-state index contributed by atoms with van der Waals surface area (Å²) < 4.78 is 5.01. The maximum Gasteiger partial charge on any atom is 0.211 e. The molecule has 0 atom stereocenters. The molecule has 0 radical (unpaired) electrons. The smallest absolute Gasteiger partial charge is 0.211 e. The highest BCUT2D eigenvalue weighted by Gasteiger charge is 2.01. The van der Waals surface area contributed by atoms with Crippen LogP contribution in [0.2, 0.25) is 0 Å². The van der Waals surface area contributed by atoms with Crippen molar-refractivity contribution in [3.05, 3.63) is 35.9 Å². The molecule has 0 amide bonds. The first-order chi connectivity index (χ1) is 7.24. The minimum absolute atomic E-state index is 0.0699. The molecule has 1 aromatic rings. The van der Waals surface area contributed by atoms with Crippen LogP contribution in [-0.4, -0.2) is 25.4 Å². The van der Waals surface area contributed by atoms with Crippen molar-refractivity contribution in [2.45, 2.75) is 0 Å². The lowest BCUT2D eigenvalue weighted by Crippen LogP contribution is -2.22. The van der Waals surface area contributed by atoms with Crippen LogP contribution in [0.3, 0.4) is 0 Å². The van der Waals surface area contributed by atoms with Gasteiger partial charge in [0.15, 0.2) is 0 Å². The lowest BCUT2D eigenvalue weighted by molar-refractivity contribution is 0.245. The van der Waals surface area contributed by atoms with Crippen molar-refractivity contribution in [2.75, 3.05) is 13.7 Å². The molecule has 0 aliphatic carbocycles. The van der Waals surface area contributed by atoms with Crippen molar-refractivity contribution in [2.24, 2.45) is 21.7 Å². The van der Waals surface area contributed by atoms with E-state index in [1.165, 1.54) is 0 Å². The number of nitrogens with two attached hydrogens (primary N) is 2. The van der Waals surface area contributed by atoms with Gasteiger partial charge in [-0.2, -0.15) is 0 Å². The van der Waals surface area contributed by atoms with Crippen molar-refractivity contribution < 1.29 is 4.74 Å². The Kier molecular flexibility index (Phi) is 4.30. The summed E-state index contributed by atoms with van der Waals surface area (Å²) in [6, 6.07) is 9.58. The quantitative estimate of drug-likeness (QED) is 0.422. The molecule has 0 fully saturated rings. The summed E-state index contributed by atoms with van der Waals surface area (Å²) in [5.41, 5.74) is 12.0. The van der Waals surface area contributed by atoms with Gasteiger partial charge >= 0.3 is 0 Å². The minimum atomic E-state index is -0.0699. The Morgan fingerprint density at radius 3 is 2.40 bits per heavy atom. The normalized spacial score (nSPS) is 11.1. The molecule has 4 N–H and O–H groups in total. The fraction of sp³-hybridized carbons (Fsp3) is 0.200. The van der Waals surface area contributed by atoms with E-state index in [4.69, 9.17) is 16.2 Å². The monoisotopic (exact) mass is 206 g/mol. The molecule has 0 heterocycles. The van der Waals surface area contributed by atoms with Crippen LogP contribution >= 0.6 is 0 Å². The Balaban J connectivity index is 2.93. The van der Waals surface area contributed by atoms with Gasteiger partial charge in [0.2, 0.25) is 5.96 Å². The molecule has 0 saturated heterocycles. The van der Waals surface area contributed by atoms with E-state index >= 15 is 0 Å². The van der Waals surface area contributed by atoms with Gasteiger partial charge in [-0.25, -0.2) is 0 Å². The first-order valence-corrected chi connectivity index (χ1v) is 4.44. The summed E-state index contributed by atoms with van der Waals surface area (Å²) in [5, 5.41) is 7.51. The number of ether oxygens (including phenoxy) is 1. The molecular weight excluding hydrogens is 192 g/mol. The van der Waals surface area contributed by atoms with E-state index in [1.54, 1.807) is 7.11 Å². The molecule has 0 aliphatic heterocycles. The molecule has 0 unspecified atom stereocenters. The molecule has 0 saturated carbocycles. The maximum atomic E-state index is 5.19. The van der Waals surface area contributed by atoms with E-state index in [1.807, 2.05) is 30.3 Å². The standard InChI is InChI=1S/C10H14N4O/c1-15-7-9(13-14-10(11)12)8-5-3-2-4-6-8/h2-6H,7H2,1H3,(H4,11,12,14)/b13-9-. The van der Waals surface area contributed by atoms with Crippen LogP contribution in [0.15, 0.2) is 40.5 Å². The van der Waals surface area contributed by atoms with Gasteiger partial charge in [-0.15, -0.1) is 10.2 Å². The summed E-state index contributed by atoms with van der Waals surface area (Å²) in [5.74, 6) is -0.0699. The van der Waals surface area contributed by atoms with Gasteiger partial charge in [0, 0.05) is 12.7 Å². The molecule has 0 aliphatic rings. The highest BCUT2D eigenvalue weighted by Crippen LogP contribution is 2.02. The predicted octanol–water partition coefficient (Wildman–Crippen LogP) is 0.311. The van der Waals surface area contributed by atoms with Gasteiger partial charge in [0.1, 0.15) is 0 Å². The number of hydrogen-bond donors (Lipinski definition) is 2. The molecular formula is C10H14N4O. The number of guanidine groups is 1. The topological polar surface area (TPSA) is 86.0 Å². The van der Waals surface area contributed by atoms with Crippen molar-refractivity contribution in [3.63, 3.8) is 0 Å². The predicted molar refractivity (Wildman–Crippen MR) is 60.7 cm³/mol. The molecule has 5 heteroatoms. The van der Waals surface area contributed by atoms with E-state index < -0.39 is 0 Å². The van der Waals surface area contributed by atoms with E-state index in [-0.39, 0.29) is 5.96 Å². The van der Waals surface area contributed by atoms with Crippen LogP contribution in [0.4, 0.5) is 0 Å². The van der Waals surface area contributed by atoms with E-state index in [2.05, 4.69) is 10.2 Å². The first kappa shape index (κ1) is 11.2. The third-order valence-corrected chi connectivity index (χ3v) is 1.67. The highest BCUT2D eigenvalue weighted by molar-refractivity contribution is 6.01. The molecule has 15 heavy (non-hydrogen) atoms. The van der Waals surface area contributed by atoms with Gasteiger partial charge in [-0.3, -0.25) is 0 Å². The van der Waals surface area contributed by atoms with E-state index in [0.29, 0.717) is 12.3 Å². The van der Waals surface area contributed by atoms with Gasteiger partial charge < -0.3 is 16.2 Å². The van der Waals surface area contributed by atoms with Crippen LogP contribution in [-0.2, 0) is 4.74 Å². The SMILES string of the molecule is COC/C(=N/N=C(N)N)c1ccccc1. The van der Waals surface area contributed by atoms with Crippen LogP contribution in [0.1, 0.15) is 5.56 Å². The average Bonchev–Trinajstić information content (AvgIpc) is 2.25. The largest absolute Gasteiger partial charge is 0.378 e. The summed E-state index contributed by atoms with van der Waals surface area (Å²) in [6.07, 6.45) is 0. The number of rotatable bonds is 4. The van der Waals surface area contributed by atoms with Crippen LogP contribution in [0.25, 0.3) is 0 Å². The zero-order valence-electron chi connectivity index (χ0n) is 8.55. The summed E-state index contributed by atoms with van der Waals surface area (Å²) in [7, 11) is 1.59. The van der Waals surface area contributed by atoms with Crippen LogP contribution in [0.5, 0.6) is 0 Å². The molecule has 1 rings (SSSR count). The lowest BCUT2D eigenvalue weighted by atomic mass is 10.1. The number of benzene rings is 1. The van der Waals surface area contributed by atoms with Crippen molar-refractivity contribution >= 4 is 11.7 Å². The fourth-order valence-electron chi connectivity index (χ4n) is 1.06. The summed E-state index contributed by atoms with van der Waals surface area (Å²) in [6.45, 7) is 0.362. The van der Waals surface area contributed by atoms with E-state index in [0.717, 1.165) is 5.56 Å². The number of hydrogen-bond acceptors (Lipinski definition) is 3. The Morgan fingerprint density at radius 1 is 1.20 bits per heavy atom. The molecule has 80 valence electrons.